The number of carbonyl (C=O) groups excluding carboxylic acids is 1. The van der Waals surface area contributed by atoms with Crippen LogP contribution in [0.3, 0.4) is 0 Å². The second-order valence-corrected chi connectivity index (χ2v) is 25.9. The van der Waals surface area contributed by atoms with Gasteiger partial charge in [0, 0.05) is 110 Å². The molecule has 0 spiro atoms. The number of nitro groups is 2. The first kappa shape index (κ1) is 104. The van der Waals surface area contributed by atoms with Crippen LogP contribution in [-0.4, -0.2) is 241 Å². The third-order valence-electron chi connectivity index (χ3n) is 15.0. The quantitative estimate of drug-likeness (QED) is 0.00592. The number of thiocarbonyl (C=S) groups is 1. The molecule has 0 aliphatic rings. The van der Waals surface area contributed by atoms with E-state index in [1.54, 1.807) is 44.1 Å². The van der Waals surface area contributed by atoms with Gasteiger partial charge in [0.15, 0.2) is 10.6 Å². The molecule has 1 amide bonds. The molecule has 29 nitrogen and oxygen atoms in total. The zero-order valence-electron chi connectivity index (χ0n) is 62.2. The molecule has 0 fully saturated rings. The van der Waals surface area contributed by atoms with Gasteiger partial charge in [0.2, 0.25) is 0 Å². The summed E-state index contributed by atoms with van der Waals surface area (Å²) in [5, 5.41) is 73.5. The van der Waals surface area contributed by atoms with E-state index in [0.717, 1.165) is 104 Å². The Morgan fingerprint density at radius 3 is 1.38 bits per heavy atom. The zero-order valence-corrected chi connectivity index (χ0v) is 65.4. The summed E-state index contributed by atoms with van der Waals surface area (Å²) in [7, 11) is 30.6. The first-order chi connectivity index (χ1) is 48.0. The lowest BCUT2D eigenvalue weighted by Gasteiger charge is -2.24. The number of likely N-dealkylation sites (N-methyl/N-ethyl adjacent to an activating group) is 8. The predicted octanol–water partition coefficient (Wildman–Crippen LogP) is 14.3. The molecule has 1 heterocycles. The molecule has 0 bridgehead atoms. The maximum absolute atomic E-state index is 11.2. The van der Waals surface area contributed by atoms with E-state index in [0.29, 0.717) is 37.7 Å². The van der Waals surface area contributed by atoms with Gasteiger partial charge in [-0.3, -0.25) is 40.1 Å². The van der Waals surface area contributed by atoms with E-state index < -0.39 is 15.8 Å². The number of carbonyl (C=O) groups is 1. The van der Waals surface area contributed by atoms with Gasteiger partial charge in [0.1, 0.15) is 46.0 Å². The molecular formula is C75H123BrN16O13S2. The van der Waals surface area contributed by atoms with E-state index in [1.807, 2.05) is 131 Å². The molecule has 600 valence electrons. The predicted molar refractivity (Wildman–Crippen MR) is 450 cm³/mol. The van der Waals surface area contributed by atoms with Gasteiger partial charge in [-0.1, -0.05) is 64.8 Å². The first-order valence-corrected chi connectivity index (χ1v) is 33.6. The molecule has 0 saturated heterocycles. The summed E-state index contributed by atoms with van der Waals surface area (Å²) in [6.07, 6.45) is 0. The lowest BCUT2D eigenvalue weighted by Crippen LogP contribution is -2.30. The van der Waals surface area contributed by atoms with Gasteiger partial charge in [-0.15, -0.1) is 0 Å². The maximum atomic E-state index is 11.2. The van der Waals surface area contributed by atoms with E-state index in [-0.39, 0.29) is 88.9 Å². The van der Waals surface area contributed by atoms with E-state index >= 15 is 0 Å². The van der Waals surface area contributed by atoms with Crippen LogP contribution in [0.1, 0.15) is 98.1 Å². The second-order valence-electron chi connectivity index (χ2n) is 24.5. The fourth-order valence-electron chi connectivity index (χ4n) is 9.09. The van der Waals surface area contributed by atoms with Crippen molar-refractivity contribution in [2.45, 2.75) is 76.7 Å². The summed E-state index contributed by atoms with van der Waals surface area (Å²) in [4.78, 5) is 50.1. The first-order valence-electron chi connectivity index (χ1n) is 32.0. The fraction of sp³-hybridized carbons (Fsp3) is 0.467. The fourth-order valence-corrected chi connectivity index (χ4v) is 9.96. The van der Waals surface area contributed by atoms with Crippen molar-refractivity contribution in [1.82, 2.24) is 45.1 Å². The lowest BCUT2D eigenvalue weighted by atomic mass is 9.98. The number of methoxy groups -OCH3 is 4. The number of aromatic hydroxyl groups is 4. The van der Waals surface area contributed by atoms with Gasteiger partial charge in [-0.25, -0.2) is 5.84 Å². The number of nitrogens with zero attached hydrogens (tertiary/aromatic N) is 12. The van der Waals surface area contributed by atoms with Crippen molar-refractivity contribution in [3.8, 4) is 63.1 Å². The Morgan fingerprint density at radius 1 is 0.589 bits per heavy atom. The number of hydrogen-bond donors (Lipinski definition) is 8. The molecule has 1 aromatic heterocycles. The van der Waals surface area contributed by atoms with Crippen LogP contribution in [0.2, 0.25) is 0 Å². The molecule has 0 radical (unpaired) electrons. The molecule has 9 N–H and O–H groups in total. The largest absolute Gasteiger partial charge is 0.508 e. The minimum absolute atomic E-state index is 0. The third-order valence-corrected chi connectivity index (χ3v) is 16.0. The van der Waals surface area contributed by atoms with E-state index in [1.165, 1.54) is 43.5 Å². The number of hydrazine groups is 1. The Balaban J connectivity index is -0.000000622. The van der Waals surface area contributed by atoms with Crippen molar-refractivity contribution in [3.63, 3.8) is 0 Å². The highest BCUT2D eigenvalue weighted by atomic mass is 79.9. The van der Waals surface area contributed by atoms with Crippen LogP contribution in [0.15, 0.2) is 107 Å². The summed E-state index contributed by atoms with van der Waals surface area (Å²) in [5.41, 5.74) is 8.11. The molecule has 107 heavy (non-hydrogen) atoms. The Morgan fingerprint density at radius 2 is 0.991 bits per heavy atom. The number of isothiocyanates is 1. The van der Waals surface area contributed by atoms with Gasteiger partial charge >= 0.3 is 0 Å². The molecule has 0 atom stereocenters. The van der Waals surface area contributed by atoms with Gasteiger partial charge in [-0.2, -0.15) is 10.1 Å². The summed E-state index contributed by atoms with van der Waals surface area (Å²) < 4.78 is 23.8. The summed E-state index contributed by atoms with van der Waals surface area (Å²) in [5.74, 6) is 7.42. The number of nitrogens with two attached hydrogens (primary N) is 1. The number of H-pyrrole nitrogens is 1. The van der Waals surface area contributed by atoms with Crippen LogP contribution in [0.25, 0.3) is 17.1 Å². The van der Waals surface area contributed by atoms with Crippen molar-refractivity contribution in [1.29, 1.82) is 0 Å². The average molecular weight is 1600 g/mol. The highest BCUT2D eigenvalue weighted by Gasteiger charge is 2.22. The molecule has 7 aromatic rings. The number of aromatic nitrogens is 3. The molecule has 7 rings (SSSR count). The Kier molecular flexibility index (Phi) is 51.3. The molecule has 6 aromatic carbocycles. The molecule has 0 aliphatic carbocycles. The number of benzene rings is 6. The maximum Gasteiger partial charge on any atom is 0.271 e. The van der Waals surface area contributed by atoms with Crippen molar-refractivity contribution in [2.75, 3.05) is 180 Å². The summed E-state index contributed by atoms with van der Waals surface area (Å²) in [6, 6.07) is 26.1. The number of rotatable bonds is 27. The standard InChI is InChI=1S/C23H31N5O3S.C13H19N3OS.C12H19N3O3.C10H14N2O3.C7H6BrNO3.C5H14N2.5CH4/c1-14(2)16-12-17(20(30)13-19(16)29)22-24-25-23(32)28(22)15-7-8-21(31-6)18(11-15)27(5)10-9-26(3)4;1-15(2)7-8-16(3)12-9-11(14-10-18)5-6-13(12)17-4;1-13(2)7-8-14(3)11-9-10(15(16)17)5-6-12(11)18-4;1-5(2)6-3-7(10(15)12-11)9(14)4-8(6)13;1-12-7-3-2-5(9(10)11)4-6(7)8;1-6-4-5-7(2)3;;;;;/h7-8,11-14,29-30H,9-10H2,1-6H3,(H,25,32);2*5-6,9H,7-8H2,1-4H3;3-5,13-14H,11H2,1-2H3,(H,12,15);2-4H,1H3;6H,4-5H2,1-3H3;5*1H4. The number of nitro benzene ring substituents is 2. The van der Waals surface area contributed by atoms with Crippen molar-refractivity contribution in [3.05, 3.63) is 143 Å². The number of halogens is 1. The lowest BCUT2D eigenvalue weighted by molar-refractivity contribution is -0.385. The number of anilines is 3. The van der Waals surface area contributed by atoms with Crippen LogP contribution in [0.4, 0.5) is 34.1 Å². The molecule has 32 heteroatoms. The van der Waals surface area contributed by atoms with Crippen LogP contribution >= 0.6 is 40.4 Å². The number of non-ortho nitro benzene ring substituents is 2. The summed E-state index contributed by atoms with van der Waals surface area (Å²) >= 11 is 13.3. The number of nitrogens with one attached hydrogen (secondary N) is 3. The average Bonchev–Trinajstić information content (AvgIpc) is 1.67. The van der Waals surface area contributed by atoms with Gasteiger partial charge in [-0.05, 0) is 187 Å². The number of aliphatic imine (C=N–C) groups is 1. The topological polar surface area (TPSA) is 340 Å². The van der Waals surface area contributed by atoms with Gasteiger partial charge in [0.05, 0.1) is 87.5 Å². The highest BCUT2D eigenvalue weighted by Crippen LogP contribution is 2.40. The minimum Gasteiger partial charge on any atom is -0.508 e. The van der Waals surface area contributed by atoms with Crippen LogP contribution < -0.4 is 50.2 Å². The number of hydrogen-bond acceptors (Lipinski definition) is 26. The number of phenolic OH excluding ortho intramolecular Hbond substituents is 4. The van der Waals surface area contributed by atoms with E-state index in [2.05, 4.69) is 111 Å². The molecule has 0 unspecified atom stereocenters. The Labute approximate surface area is 654 Å². The molecular weight excluding hydrogens is 1480 g/mol. The SMILES string of the molecule is C.C.C.C.C.CC(C)c1cc(C(=O)NN)c(O)cc1O.CNCCN(C)C.COc1ccc(-n2c(-c3cc(C(C)C)c(O)cc3O)n[nH]c2=S)cc1N(C)CCN(C)C.COc1ccc(N=C=S)cc1N(C)CCN(C)C.COc1ccc([N+](=O)[O-])cc1Br.COc1ccc([N+](=O)[O-])cc1N(C)CCN(C)C. The minimum atomic E-state index is -0.589. The molecule has 0 aliphatic heterocycles. The number of phenols is 4. The van der Waals surface area contributed by atoms with Crippen molar-refractivity contribution in [2.24, 2.45) is 10.8 Å². The normalized spacial score (nSPS) is 10.1. The number of nitrogen functional groups attached to an aromatic ring is 1. The summed E-state index contributed by atoms with van der Waals surface area (Å²) in [6.45, 7) is 15.1. The van der Waals surface area contributed by atoms with Crippen molar-refractivity contribution < 1.29 is 54.0 Å². The monoisotopic (exact) mass is 1600 g/mol. The van der Waals surface area contributed by atoms with E-state index in [4.69, 9.17) is 37.0 Å². The Bertz CT molecular complexity index is 3840. The van der Waals surface area contributed by atoms with Crippen LogP contribution in [-0.2, 0) is 0 Å². The number of aromatic amines is 1. The highest BCUT2D eigenvalue weighted by molar-refractivity contribution is 9.10. The van der Waals surface area contributed by atoms with Gasteiger partial charge < -0.3 is 79.0 Å². The molecule has 0 saturated carbocycles. The zero-order chi connectivity index (χ0) is 77.2. The van der Waals surface area contributed by atoms with Crippen LogP contribution in [0, 0.1) is 25.0 Å². The number of amides is 1. The third kappa shape index (κ3) is 34.1. The second kappa shape index (κ2) is 52.7. The smallest absolute Gasteiger partial charge is 0.271 e. The Hall–Kier alpha value is -9.21. The van der Waals surface area contributed by atoms with Crippen molar-refractivity contribution >= 4 is 85.6 Å². The number of ether oxygens (including phenoxy) is 4. The van der Waals surface area contributed by atoms with E-state index in [9.17, 15) is 45.4 Å². The van der Waals surface area contributed by atoms with Gasteiger partial charge in [0.25, 0.3) is 17.3 Å². The van der Waals surface area contributed by atoms with Crippen LogP contribution in [0.5, 0.6) is 46.0 Å².